The fourth-order valence-electron chi connectivity index (χ4n) is 0.783. The van der Waals surface area contributed by atoms with Gasteiger partial charge >= 0.3 is 5.97 Å². The molecule has 0 spiro atoms. The molecule has 1 amide bonds. The van der Waals surface area contributed by atoms with Crippen molar-refractivity contribution in [2.75, 3.05) is 0 Å². The molecule has 0 rings (SSSR count). The first-order valence-corrected chi connectivity index (χ1v) is 4.12. The zero-order valence-electron chi connectivity index (χ0n) is 7.91. The molecule has 0 aliphatic carbocycles. The average molecular weight is 185 g/mol. The quantitative estimate of drug-likeness (QED) is 0.622. The molecule has 0 aromatic carbocycles. The van der Waals surface area contributed by atoms with Gasteiger partial charge in [-0.15, -0.1) is 6.58 Å². The number of nitrogens with one attached hydrogen (secondary N) is 1. The van der Waals surface area contributed by atoms with Gasteiger partial charge in [0.05, 0.1) is 5.92 Å². The molecule has 0 aromatic heterocycles. The minimum Gasteiger partial charge on any atom is -0.481 e. The SMILES string of the molecule is C=CCC(=O)NC(C)C(C)C(=O)O. The van der Waals surface area contributed by atoms with Gasteiger partial charge in [-0.1, -0.05) is 6.08 Å². The number of carboxylic acids is 1. The van der Waals surface area contributed by atoms with Crippen LogP contribution in [0.5, 0.6) is 0 Å². The Kier molecular flexibility index (Phi) is 4.80. The van der Waals surface area contributed by atoms with E-state index in [1.807, 2.05) is 0 Å². The lowest BCUT2D eigenvalue weighted by Gasteiger charge is -2.16. The van der Waals surface area contributed by atoms with Crippen molar-refractivity contribution in [3.8, 4) is 0 Å². The van der Waals surface area contributed by atoms with E-state index < -0.39 is 11.9 Å². The second-order valence-corrected chi connectivity index (χ2v) is 2.98. The van der Waals surface area contributed by atoms with Crippen LogP contribution >= 0.6 is 0 Å². The summed E-state index contributed by atoms with van der Waals surface area (Å²) in [5.41, 5.74) is 0. The highest BCUT2D eigenvalue weighted by Gasteiger charge is 2.20. The minimum atomic E-state index is -0.911. The van der Waals surface area contributed by atoms with Crippen molar-refractivity contribution in [2.45, 2.75) is 26.3 Å². The van der Waals surface area contributed by atoms with Crippen molar-refractivity contribution < 1.29 is 14.7 Å². The van der Waals surface area contributed by atoms with Gasteiger partial charge in [0, 0.05) is 12.5 Å². The van der Waals surface area contributed by atoms with E-state index in [0.717, 1.165) is 0 Å². The molecule has 0 saturated carbocycles. The summed E-state index contributed by atoms with van der Waals surface area (Å²) in [5.74, 6) is -1.68. The Labute approximate surface area is 77.6 Å². The Morgan fingerprint density at radius 3 is 2.46 bits per heavy atom. The van der Waals surface area contributed by atoms with Gasteiger partial charge < -0.3 is 10.4 Å². The summed E-state index contributed by atoms with van der Waals surface area (Å²) in [6.45, 7) is 6.63. The van der Waals surface area contributed by atoms with E-state index in [-0.39, 0.29) is 18.4 Å². The number of hydrogen-bond acceptors (Lipinski definition) is 2. The van der Waals surface area contributed by atoms with E-state index in [1.54, 1.807) is 13.8 Å². The maximum atomic E-state index is 11.0. The molecule has 2 unspecified atom stereocenters. The van der Waals surface area contributed by atoms with Crippen LogP contribution in [0.3, 0.4) is 0 Å². The van der Waals surface area contributed by atoms with Gasteiger partial charge in [0.15, 0.2) is 0 Å². The summed E-state index contributed by atoms with van der Waals surface area (Å²) in [7, 11) is 0. The molecule has 13 heavy (non-hydrogen) atoms. The van der Waals surface area contributed by atoms with E-state index in [4.69, 9.17) is 5.11 Å². The highest BCUT2D eigenvalue weighted by molar-refractivity contribution is 5.79. The van der Waals surface area contributed by atoms with Gasteiger partial charge in [-0.25, -0.2) is 0 Å². The molecule has 4 heteroatoms. The van der Waals surface area contributed by atoms with Crippen LogP contribution in [0.25, 0.3) is 0 Å². The molecule has 2 N–H and O–H groups in total. The van der Waals surface area contributed by atoms with Crippen LogP contribution < -0.4 is 5.32 Å². The lowest BCUT2D eigenvalue weighted by Crippen LogP contribution is -2.39. The van der Waals surface area contributed by atoms with E-state index in [0.29, 0.717) is 0 Å². The number of carboxylic acid groups (broad SMARTS) is 1. The number of carbonyl (C=O) groups excluding carboxylic acids is 1. The molecule has 74 valence electrons. The first kappa shape index (κ1) is 11.7. The normalized spacial score (nSPS) is 14.3. The molecule has 0 radical (unpaired) electrons. The van der Waals surface area contributed by atoms with Crippen LogP contribution in [0.4, 0.5) is 0 Å². The molecule has 0 heterocycles. The molecule has 0 bridgehead atoms. The predicted molar refractivity (Wildman–Crippen MR) is 49.2 cm³/mol. The van der Waals surface area contributed by atoms with Crippen LogP contribution in [0, 0.1) is 5.92 Å². The fourth-order valence-corrected chi connectivity index (χ4v) is 0.783. The molecule has 0 fully saturated rings. The number of aliphatic carboxylic acids is 1. The summed E-state index contributed by atoms with van der Waals surface area (Å²) in [6, 6.07) is -0.357. The Morgan fingerprint density at radius 2 is 2.08 bits per heavy atom. The molecule has 0 aliphatic heterocycles. The average Bonchev–Trinajstić information content (AvgIpc) is 2.03. The Hall–Kier alpha value is -1.32. The van der Waals surface area contributed by atoms with Crippen molar-refractivity contribution in [3.05, 3.63) is 12.7 Å². The van der Waals surface area contributed by atoms with Gasteiger partial charge in [0.1, 0.15) is 0 Å². The first-order valence-electron chi connectivity index (χ1n) is 4.12. The fraction of sp³-hybridized carbons (Fsp3) is 0.556. The van der Waals surface area contributed by atoms with E-state index in [1.165, 1.54) is 6.08 Å². The molecule has 4 nitrogen and oxygen atoms in total. The monoisotopic (exact) mass is 185 g/mol. The molecule has 0 aliphatic rings. The van der Waals surface area contributed by atoms with Crippen LogP contribution in [-0.4, -0.2) is 23.0 Å². The lowest BCUT2D eigenvalue weighted by atomic mass is 10.0. The van der Waals surface area contributed by atoms with Crippen molar-refractivity contribution in [1.29, 1.82) is 0 Å². The Balaban J connectivity index is 3.98. The second-order valence-electron chi connectivity index (χ2n) is 2.98. The summed E-state index contributed by atoms with van der Waals surface area (Å²) >= 11 is 0. The van der Waals surface area contributed by atoms with Crippen LogP contribution in [0.2, 0.25) is 0 Å². The number of amides is 1. The third kappa shape index (κ3) is 4.30. The number of rotatable bonds is 5. The highest BCUT2D eigenvalue weighted by Crippen LogP contribution is 2.02. The van der Waals surface area contributed by atoms with E-state index >= 15 is 0 Å². The summed E-state index contributed by atoms with van der Waals surface area (Å²) in [5, 5.41) is 11.2. The van der Waals surface area contributed by atoms with Gasteiger partial charge in [-0.05, 0) is 13.8 Å². The first-order chi connectivity index (χ1) is 5.99. The van der Waals surface area contributed by atoms with Gasteiger partial charge in [0.2, 0.25) is 5.91 Å². The van der Waals surface area contributed by atoms with Crippen molar-refractivity contribution in [1.82, 2.24) is 5.32 Å². The van der Waals surface area contributed by atoms with Crippen LogP contribution in [0.1, 0.15) is 20.3 Å². The minimum absolute atomic E-state index is 0.199. The smallest absolute Gasteiger partial charge is 0.308 e. The van der Waals surface area contributed by atoms with Gasteiger partial charge in [0.25, 0.3) is 0 Å². The highest BCUT2D eigenvalue weighted by atomic mass is 16.4. The van der Waals surface area contributed by atoms with Crippen molar-refractivity contribution in [2.24, 2.45) is 5.92 Å². The summed E-state index contributed by atoms with van der Waals surface area (Å²) in [4.78, 5) is 21.5. The number of carbonyl (C=O) groups is 2. The Bertz CT molecular complexity index is 213. The maximum absolute atomic E-state index is 11.0. The van der Waals surface area contributed by atoms with Crippen molar-refractivity contribution >= 4 is 11.9 Å². The molecular weight excluding hydrogens is 170 g/mol. The predicted octanol–water partition coefficient (Wildman–Crippen LogP) is 0.788. The molecular formula is C9H15NO3. The zero-order chi connectivity index (χ0) is 10.4. The molecule has 0 saturated heterocycles. The van der Waals surface area contributed by atoms with E-state index in [2.05, 4.69) is 11.9 Å². The molecule has 0 aromatic rings. The molecule has 2 atom stereocenters. The topological polar surface area (TPSA) is 66.4 Å². The standard InChI is InChI=1S/C9H15NO3/c1-4-5-8(11)10-7(3)6(2)9(12)13/h4,6-7H,1,5H2,2-3H3,(H,10,11)(H,12,13). The summed E-state index contributed by atoms with van der Waals surface area (Å²) in [6.07, 6.45) is 1.70. The van der Waals surface area contributed by atoms with Crippen LogP contribution in [-0.2, 0) is 9.59 Å². The summed E-state index contributed by atoms with van der Waals surface area (Å²) < 4.78 is 0. The third-order valence-electron chi connectivity index (χ3n) is 1.86. The third-order valence-corrected chi connectivity index (χ3v) is 1.86. The van der Waals surface area contributed by atoms with Gasteiger partial charge in [-0.2, -0.15) is 0 Å². The largest absolute Gasteiger partial charge is 0.481 e. The second kappa shape index (κ2) is 5.35. The van der Waals surface area contributed by atoms with E-state index in [9.17, 15) is 9.59 Å². The number of hydrogen-bond donors (Lipinski definition) is 2. The Morgan fingerprint density at radius 1 is 1.54 bits per heavy atom. The lowest BCUT2D eigenvalue weighted by molar-refractivity contribution is -0.142. The van der Waals surface area contributed by atoms with Gasteiger partial charge in [-0.3, -0.25) is 9.59 Å². The maximum Gasteiger partial charge on any atom is 0.308 e. The zero-order valence-corrected chi connectivity index (χ0v) is 7.91. The van der Waals surface area contributed by atoms with Crippen LogP contribution in [0.15, 0.2) is 12.7 Å². The van der Waals surface area contributed by atoms with Crippen molar-refractivity contribution in [3.63, 3.8) is 0 Å².